The molecule has 0 aliphatic carbocycles. The Labute approximate surface area is 105 Å². The molecule has 0 amide bonds. The van der Waals surface area contributed by atoms with E-state index in [4.69, 9.17) is 4.74 Å². The Morgan fingerprint density at radius 1 is 1.29 bits per heavy atom. The molecule has 0 aliphatic rings. The predicted molar refractivity (Wildman–Crippen MR) is 71.8 cm³/mol. The first kappa shape index (κ1) is 12.3. The molecule has 2 aromatic heterocycles. The van der Waals surface area contributed by atoms with Crippen LogP contribution in [0.3, 0.4) is 0 Å². The van der Waals surface area contributed by atoms with Gasteiger partial charge in [-0.2, -0.15) is 0 Å². The smallest absolute Gasteiger partial charge is 0.158 e. The Morgan fingerprint density at radius 2 is 2.06 bits per heavy atom. The van der Waals surface area contributed by atoms with Crippen molar-refractivity contribution in [3.8, 4) is 0 Å². The van der Waals surface area contributed by atoms with Gasteiger partial charge in [-0.05, 0) is 26.3 Å². The van der Waals surface area contributed by atoms with Crippen LogP contribution in [0.4, 0.5) is 5.82 Å². The zero-order valence-electron chi connectivity index (χ0n) is 10.6. The van der Waals surface area contributed by atoms with Gasteiger partial charge in [0.15, 0.2) is 5.82 Å². The quantitative estimate of drug-likeness (QED) is 0.907. The second-order valence-electron chi connectivity index (χ2n) is 3.92. The number of aromatic nitrogens is 2. The van der Waals surface area contributed by atoms with Crippen LogP contribution in [-0.2, 0) is 11.3 Å². The van der Waals surface area contributed by atoms with Crippen LogP contribution in [0.2, 0.25) is 0 Å². The van der Waals surface area contributed by atoms with Crippen LogP contribution >= 0.6 is 11.3 Å². The monoisotopic (exact) mass is 251 g/mol. The van der Waals surface area contributed by atoms with Gasteiger partial charge in [0, 0.05) is 18.5 Å². The standard InChI is InChI=1S/C12H17N3OS/c1-5-13-11-10-7(2)8(3)17-12(10)15-9(14-11)6-16-4/h5-6H2,1-4H3,(H,13,14,15). The summed E-state index contributed by atoms with van der Waals surface area (Å²) in [6, 6.07) is 0. The highest BCUT2D eigenvalue weighted by molar-refractivity contribution is 7.18. The molecule has 1 N–H and O–H groups in total. The molecule has 0 spiro atoms. The van der Waals surface area contributed by atoms with Gasteiger partial charge in [-0.15, -0.1) is 11.3 Å². The lowest BCUT2D eigenvalue weighted by atomic mass is 10.2. The molecule has 2 aromatic rings. The minimum absolute atomic E-state index is 0.449. The van der Waals surface area contributed by atoms with Crippen molar-refractivity contribution in [2.24, 2.45) is 0 Å². The maximum absolute atomic E-state index is 5.10. The number of thiophene rings is 1. The molecule has 0 aliphatic heterocycles. The molecule has 0 atom stereocenters. The highest BCUT2D eigenvalue weighted by Crippen LogP contribution is 2.33. The van der Waals surface area contributed by atoms with E-state index in [1.165, 1.54) is 10.4 Å². The number of aryl methyl sites for hydroxylation is 2. The van der Waals surface area contributed by atoms with E-state index in [1.807, 2.05) is 0 Å². The molecule has 5 heteroatoms. The fourth-order valence-electron chi connectivity index (χ4n) is 1.78. The summed E-state index contributed by atoms with van der Waals surface area (Å²) in [5.41, 5.74) is 1.27. The van der Waals surface area contributed by atoms with Gasteiger partial charge < -0.3 is 10.1 Å². The molecule has 0 saturated heterocycles. The lowest BCUT2D eigenvalue weighted by Gasteiger charge is -2.07. The Balaban J connectivity index is 2.63. The SMILES string of the molecule is CCNc1nc(COC)nc2sc(C)c(C)c12. The van der Waals surface area contributed by atoms with E-state index < -0.39 is 0 Å². The Hall–Kier alpha value is -1.20. The van der Waals surface area contributed by atoms with Gasteiger partial charge in [-0.3, -0.25) is 0 Å². The third-order valence-electron chi connectivity index (χ3n) is 2.69. The molecule has 0 saturated carbocycles. The summed E-state index contributed by atoms with van der Waals surface area (Å²) in [7, 11) is 1.66. The second kappa shape index (κ2) is 4.98. The number of hydrogen-bond donors (Lipinski definition) is 1. The Bertz CT molecular complexity index is 536. The average Bonchev–Trinajstić information content (AvgIpc) is 2.56. The van der Waals surface area contributed by atoms with Crippen LogP contribution in [0.15, 0.2) is 0 Å². The molecule has 0 fully saturated rings. The summed E-state index contributed by atoms with van der Waals surface area (Å²) in [5, 5.41) is 4.45. The molecule has 0 unspecified atom stereocenters. The second-order valence-corrected chi connectivity index (χ2v) is 5.12. The maximum Gasteiger partial charge on any atom is 0.158 e. The molecular formula is C12H17N3OS. The van der Waals surface area contributed by atoms with Gasteiger partial charge in [0.2, 0.25) is 0 Å². The lowest BCUT2D eigenvalue weighted by Crippen LogP contribution is -2.05. The number of nitrogens with zero attached hydrogens (tertiary/aromatic N) is 2. The van der Waals surface area contributed by atoms with E-state index in [0.717, 1.165) is 28.4 Å². The zero-order chi connectivity index (χ0) is 12.4. The maximum atomic E-state index is 5.10. The highest BCUT2D eigenvalue weighted by Gasteiger charge is 2.13. The fraction of sp³-hybridized carbons (Fsp3) is 0.500. The van der Waals surface area contributed by atoms with Gasteiger partial charge in [0.25, 0.3) is 0 Å². The summed E-state index contributed by atoms with van der Waals surface area (Å²) in [6.07, 6.45) is 0. The van der Waals surface area contributed by atoms with E-state index >= 15 is 0 Å². The molecule has 92 valence electrons. The largest absolute Gasteiger partial charge is 0.377 e. The van der Waals surface area contributed by atoms with Crippen molar-refractivity contribution in [3.05, 3.63) is 16.3 Å². The molecule has 0 radical (unpaired) electrons. The van der Waals surface area contributed by atoms with Crippen molar-refractivity contribution < 1.29 is 4.74 Å². The summed E-state index contributed by atoms with van der Waals surface area (Å²) in [4.78, 5) is 11.4. The van der Waals surface area contributed by atoms with Crippen molar-refractivity contribution in [2.75, 3.05) is 19.0 Å². The van der Waals surface area contributed by atoms with Gasteiger partial charge in [0.05, 0.1) is 5.39 Å². The number of methoxy groups -OCH3 is 1. The third-order valence-corrected chi connectivity index (χ3v) is 3.79. The molecule has 2 heterocycles. The predicted octanol–water partition coefficient (Wildman–Crippen LogP) is 2.89. The fourth-order valence-corrected chi connectivity index (χ4v) is 2.83. The summed E-state index contributed by atoms with van der Waals surface area (Å²) < 4.78 is 5.10. The van der Waals surface area contributed by atoms with E-state index in [2.05, 4.69) is 36.1 Å². The topological polar surface area (TPSA) is 47.0 Å². The number of fused-ring (bicyclic) bond motifs is 1. The Kier molecular flexibility index (Phi) is 3.59. The first-order valence-corrected chi connectivity index (χ1v) is 6.48. The first-order valence-electron chi connectivity index (χ1n) is 5.66. The molecule has 0 aromatic carbocycles. The zero-order valence-corrected chi connectivity index (χ0v) is 11.4. The number of nitrogens with one attached hydrogen (secondary N) is 1. The minimum Gasteiger partial charge on any atom is -0.377 e. The van der Waals surface area contributed by atoms with Gasteiger partial charge in [-0.1, -0.05) is 0 Å². The van der Waals surface area contributed by atoms with E-state index in [-0.39, 0.29) is 0 Å². The van der Waals surface area contributed by atoms with Gasteiger partial charge in [0.1, 0.15) is 17.3 Å². The van der Waals surface area contributed by atoms with Crippen molar-refractivity contribution >= 4 is 27.4 Å². The molecular weight excluding hydrogens is 234 g/mol. The van der Waals surface area contributed by atoms with Crippen LogP contribution in [-0.4, -0.2) is 23.6 Å². The summed E-state index contributed by atoms with van der Waals surface area (Å²) in [6.45, 7) is 7.61. The van der Waals surface area contributed by atoms with Crippen LogP contribution in [0.5, 0.6) is 0 Å². The molecule has 17 heavy (non-hydrogen) atoms. The van der Waals surface area contributed by atoms with Gasteiger partial charge >= 0.3 is 0 Å². The first-order chi connectivity index (χ1) is 8.17. The summed E-state index contributed by atoms with van der Waals surface area (Å²) in [5.74, 6) is 1.66. The average molecular weight is 251 g/mol. The molecule has 0 bridgehead atoms. The van der Waals surface area contributed by atoms with Crippen LogP contribution in [0.25, 0.3) is 10.2 Å². The van der Waals surface area contributed by atoms with Crippen LogP contribution in [0.1, 0.15) is 23.2 Å². The highest BCUT2D eigenvalue weighted by atomic mass is 32.1. The Morgan fingerprint density at radius 3 is 2.71 bits per heavy atom. The minimum atomic E-state index is 0.449. The van der Waals surface area contributed by atoms with E-state index in [9.17, 15) is 0 Å². The van der Waals surface area contributed by atoms with Gasteiger partial charge in [-0.25, -0.2) is 9.97 Å². The van der Waals surface area contributed by atoms with Crippen molar-refractivity contribution in [1.82, 2.24) is 9.97 Å². The lowest BCUT2D eigenvalue weighted by molar-refractivity contribution is 0.178. The van der Waals surface area contributed by atoms with E-state index in [0.29, 0.717) is 6.61 Å². The number of rotatable bonds is 4. The van der Waals surface area contributed by atoms with Crippen molar-refractivity contribution in [3.63, 3.8) is 0 Å². The number of hydrogen-bond acceptors (Lipinski definition) is 5. The van der Waals surface area contributed by atoms with E-state index in [1.54, 1.807) is 18.4 Å². The number of anilines is 1. The normalized spacial score (nSPS) is 11.1. The van der Waals surface area contributed by atoms with Crippen molar-refractivity contribution in [2.45, 2.75) is 27.4 Å². The summed E-state index contributed by atoms with van der Waals surface area (Å²) >= 11 is 1.71. The van der Waals surface area contributed by atoms with Crippen LogP contribution < -0.4 is 5.32 Å². The third kappa shape index (κ3) is 2.25. The molecule has 2 rings (SSSR count). The number of ether oxygens (including phenoxy) is 1. The van der Waals surface area contributed by atoms with Crippen LogP contribution in [0, 0.1) is 13.8 Å². The van der Waals surface area contributed by atoms with Crippen molar-refractivity contribution in [1.29, 1.82) is 0 Å². The molecule has 4 nitrogen and oxygen atoms in total.